The number of benzene rings is 2. The van der Waals surface area contributed by atoms with Gasteiger partial charge in [0.2, 0.25) is 0 Å². The van der Waals surface area contributed by atoms with Crippen LogP contribution in [0.25, 0.3) is 16.3 Å². The molecule has 6 heteroatoms. The lowest BCUT2D eigenvalue weighted by atomic mass is 9.88. The Morgan fingerprint density at radius 2 is 2.00 bits per heavy atom. The highest BCUT2D eigenvalue weighted by Crippen LogP contribution is 2.29. The molecule has 0 bridgehead atoms. The SMILES string of the molecule is O=C(COC(=O)/C=C/c1nc2ccccc2s1)N[C@@H]1CCCc2ccccc21. The summed E-state index contributed by atoms with van der Waals surface area (Å²) in [6.07, 6.45) is 5.89. The average molecular weight is 392 g/mol. The molecule has 2 aromatic carbocycles. The van der Waals surface area contributed by atoms with Crippen molar-refractivity contribution >= 4 is 39.5 Å². The van der Waals surface area contributed by atoms with E-state index >= 15 is 0 Å². The summed E-state index contributed by atoms with van der Waals surface area (Å²) >= 11 is 1.50. The van der Waals surface area contributed by atoms with Crippen LogP contribution in [0.4, 0.5) is 0 Å². The summed E-state index contributed by atoms with van der Waals surface area (Å²) in [6.45, 7) is -0.290. The first kappa shape index (κ1) is 18.4. The minimum Gasteiger partial charge on any atom is -0.452 e. The van der Waals surface area contributed by atoms with E-state index in [1.165, 1.54) is 23.0 Å². The van der Waals surface area contributed by atoms with Gasteiger partial charge in [-0.2, -0.15) is 0 Å². The van der Waals surface area contributed by atoms with Crippen LogP contribution in [-0.4, -0.2) is 23.5 Å². The van der Waals surface area contributed by atoms with Gasteiger partial charge in [-0.1, -0.05) is 36.4 Å². The van der Waals surface area contributed by atoms with Gasteiger partial charge < -0.3 is 10.1 Å². The van der Waals surface area contributed by atoms with Gasteiger partial charge in [0.15, 0.2) is 6.61 Å². The van der Waals surface area contributed by atoms with Crippen LogP contribution in [0, 0.1) is 0 Å². The number of aryl methyl sites for hydroxylation is 1. The third-order valence-electron chi connectivity index (χ3n) is 4.72. The number of nitrogens with one attached hydrogen (secondary N) is 1. The normalized spacial score (nSPS) is 16.1. The largest absolute Gasteiger partial charge is 0.452 e. The summed E-state index contributed by atoms with van der Waals surface area (Å²) in [5.41, 5.74) is 3.33. The maximum atomic E-state index is 12.2. The lowest BCUT2D eigenvalue weighted by Crippen LogP contribution is -2.34. The van der Waals surface area contributed by atoms with Crippen molar-refractivity contribution in [2.75, 3.05) is 6.61 Å². The van der Waals surface area contributed by atoms with Gasteiger partial charge in [-0.25, -0.2) is 9.78 Å². The zero-order valence-electron chi connectivity index (χ0n) is 15.3. The molecular weight excluding hydrogens is 372 g/mol. The van der Waals surface area contributed by atoms with Crippen LogP contribution < -0.4 is 5.32 Å². The molecule has 0 aliphatic heterocycles. The predicted octanol–water partition coefficient (Wildman–Crippen LogP) is 4.05. The molecular formula is C22H20N2O3S. The quantitative estimate of drug-likeness (QED) is 0.525. The van der Waals surface area contributed by atoms with Crippen LogP contribution in [0.1, 0.15) is 35.0 Å². The number of para-hydroxylation sites is 1. The van der Waals surface area contributed by atoms with Crippen LogP contribution in [0.15, 0.2) is 54.6 Å². The van der Waals surface area contributed by atoms with Gasteiger partial charge in [-0.3, -0.25) is 4.79 Å². The Kier molecular flexibility index (Phi) is 5.48. The first-order valence-corrected chi connectivity index (χ1v) is 10.1. The molecule has 5 nitrogen and oxygen atoms in total. The van der Waals surface area contributed by atoms with Crippen molar-refractivity contribution in [3.63, 3.8) is 0 Å². The summed E-state index contributed by atoms with van der Waals surface area (Å²) < 4.78 is 6.13. The molecule has 28 heavy (non-hydrogen) atoms. The number of nitrogens with zero attached hydrogens (tertiary/aromatic N) is 1. The highest BCUT2D eigenvalue weighted by molar-refractivity contribution is 7.19. The van der Waals surface area contributed by atoms with Crippen LogP contribution in [0.3, 0.4) is 0 Å². The van der Waals surface area contributed by atoms with Crippen LogP contribution in [0.5, 0.6) is 0 Å². The fourth-order valence-electron chi connectivity index (χ4n) is 3.43. The van der Waals surface area contributed by atoms with Crippen molar-refractivity contribution in [1.82, 2.24) is 10.3 Å². The zero-order chi connectivity index (χ0) is 19.3. The number of carbonyl (C=O) groups excluding carboxylic acids is 2. The van der Waals surface area contributed by atoms with E-state index in [2.05, 4.69) is 16.4 Å². The second kappa shape index (κ2) is 8.35. The number of carbonyl (C=O) groups is 2. The molecule has 1 N–H and O–H groups in total. The van der Waals surface area contributed by atoms with E-state index in [1.807, 2.05) is 42.5 Å². The van der Waals surface area contributed by atoms with Crippen molar-refractivity contribution in [3.05, 3.63) is 70.7 Å². The number of esters is 1. The lowest BCUT2D eigenvalue weighted by molar-refractivity contribution is -0.144. The van der Waals surface area contributed by atoms with Crippen molar-refractivity contribution in [2.24, 2.45) is 0 Å². The standard InChI is InChI=1S/C22H20N2O3S/c25-20(23-17-10-5-7-15-6-1-2-8-16(15)17)14-27-22(26)13-12-21-24-18-9-3-4-11-19(18)28-21/h1-4,6,8-9,11-13,17H,5,7,10,14H2,(H,23,25)/b13-12+/t17-/m1/s1. The number of thiazole rings is 1. The Balaban J connectivity index is 1.29. The Bertz CT molecular complexity index is 1010. The Morgan fingerprint density at radius 1 is 1.18 bits per heavy atom. The molecule has 142 valence electrons. The number of ether oxygens (including phenoxy) is 1. The van der Waals surface area contributed by atoms with Gasteiger partial charge in [0, 0.05) is 6.08 Å². The van der Waals surface area contributed by atoms with Gasteiger partial charge in [-0.05, 0) is 48.6 Å². The monoisotopic (exact) mass is 392 g/mol. The molecule has 0 fully saturated rings. The first-order valence-electron chi connectivity index (χ1n) is 9.26. The molecule has 1 aliphatic carbocycles. The Morgan fingerprint density at radius 3 is 2.89 bits per heavy atom. The topological polar surface area (TPSA) is 68.3 Å². The number of rotatable bonds is 5. The molecule has 1 aromatic heterocycles. The van der Waals surface area contributed by atoms with Crippen LogP contribution >= 0.6 is 11.3 Å². The smallest absolute Gasteiger partial charge is 0.331 e. The van der Waals surface area contributed by atoms with Crippen molar-refractivity contribution < 1.29 is 14.3 Å². The fraction of sp³-hybridized carbons (Fsp3) is 0.227. The minimum atomic E-state index is -0.557. The van der Waals surface area contributed by atoms with E-state index < -0.39 is 5.97 Å². The highest BCUT2D eigenvalue weighted by atomic mass is 32.1. The van der Waals surface area contributed by atoms with Crippen molar-refractivity contribution in [1.29, 1.82) is 0 Å². The summed E-state index contributed by atoms with van der Waals surface area (Å²) in [4.78, 5) is 28.5. The summed E-state index contributed by atoms with van der Waals surface area (Å²) in [6, 6.07) is 15.9. The summed E-state index contributed by atoms with van der Waals surface area (Å²) in [5.74, 6) is -0.845. The second-order valence-electron chi connectivity index (χ2n) is 6.67. The molecule has 1 atom stereocenters. The first-order chi connectivity index (χ1) is 13.7. The van der Waals surface area contributed by atoms with E-state index in [1.54, 1.807) is 6.08 Å². The number of hydrogen-bond acceptors (Lipinski definition) is 5. The Labute approximate surface area is 167 Å². The van der Waals surface area contributed by atoms with E-state index in [0.717, 1.165) is 40.1 Å². The van der Waals surface area contributed by atoms with Gasteiger partial charge in [-0.15, -0.1) is 11.3 Å². The van der Waals surface area contributed by atoms with E-state index in [0.29, 0.717) is 0 Å². The molecule has 0 unspecified atom stereocenters. The number of hydrogen-bond donors (Lipinski definition) is 1. The lowest BCUT2D eigenvalue weighted by Gasteiger charge is -2.26. The number of amides is 1. The van der Waals surface area contributed by atoms with Gasteiger partial charge in [0.05, 0.1) is 16.3 Å². The predicted molar refractivity (Wildman–Crippen MR) is 110 cm³/mol. The molecule has 1 amide bonds. The minimum absolute atomic E-state index is 0.0190. The highest BCUT2D eigenvalue weighted by Gasteiger charge is 2.21. The van der Waals surface area contributed by atoms with Gasteiger partial charge >= 0.3 is 5.97 Å². The Hall–Kier alpha value is -2.99. The van der Waals surface area contributed by atoms with Gasteiger partial charge in [0.1, 0.15) is 5.01 Å². The maximum Gasteiger partial charge on any atom is 0.331 e. The molecule has 3 aromatic rings. The molecule has 1 aliphatic rings. The summed E-state index contributed by atoms with van der Waals surface area (Å²) in [7, 11) is 0. The van der Waals surface area contributed by atoms with Gasteiger partial charge in [0.25, 0.3) is 5.91 Å². The maximum absolute atomic E-state index is 12.2. The molecule has 0 radical (unpaired) electrons. The number of fused-ring (bicyclic) bond motifs is 2. The van der Waals surface area contributed by atoms with Crippen molar-refractivity contribution in [3.8, 4) is 0 Å². The van der Waals surface area contributed by atoms with E-state index in [-0.39, 0.29) is 18.6 Å². The summed E-state index contributed by atoms with van der Waals surface area (Å²) in [5, 5.41) is 3.69. The number of aromatic nitrogens is 1. The van der Waals surface area contributed by atoms with Crippen LogP contribution in [0.2, 0.25) is 0 Å². The second-order valence-corrected chi connectivity index (χ2v) is 7.73. The molecule has 0 saturated heterocycles. The molecule has 0 saturated carbocycles. The zero-order valence-corrected chi connectivity index (χ0v) is 16.1. The molecule has 4 rings (SSSR count). The molecule has 1 heterocycles. The van der Waals surface area contributed by atoms with E-state index in [4.69, 9.17) is 4.74 Å². The fourth-order valence-corrected chi connectivity index (χ4v) is 4.30. The third-order valence-corrected chi connectivity index (χ3v) is 5.72. The third kappa shape index (κ3) is 4.28. The molecule has 0 spiro atoms. The van der Waals surface area contributed by atoms with Crippen LogP contribution in [-0.2, 0) is 20.7 Å². The average Bonchev–Trinajstić information content (AvgIpc) is 3.14. The van der Waals surface area contributed by atoms with E-state index in [9.17, 15) is 9.59 Å². The van der Waals surface area contributed by atoms with Crippen molar-refractivity contribution in [2.45, 2.75) is 25.3 Å².